The Bertz CT molecular complexity index is 2460. The quantitative estimate of drug-likeness (QED) is 0.0534. The molecule has 0 radical (unpaired) electrons. The first-order chi connectivity index (χ1) is 52.9. The first-order valence-corrected chi connectivity index (χ1v) is 79.1. The van der Waals surface area contributed by atoms with Crippen LogP contribution in [0.4, 0.5) is 0 Å². The average Bonchev–Trinajstić information content (AvgIpc) is 0.767. The molecule has 0 aliphatic carbocycles. The van der Waals surface area contributed by atoms with Gasteiger partial charge in [-0.1, -0.05) is 125 Å². The molecule has 0 aromatic heterocycles. The molecule has 5 saturated heterocycles. The fraction of sp³-hybridized carbons (Fsp3) is 0.947. The van der Waals surface area contributed by atoms with Gasteiger partial charge in [0.25, 0.3) is 0 Å². The van der Waals surface area contributed by atoms with E-state index in [0.717, 1.165) is 0 Å². The van der Waals surface area contributed by atoms with Gasteiger partial charge in [0.2, 0.25) is 0 Å². The van der Waals surface area contributed by atoms with Gasteiger partial charge in [0, 0.05) is 153 Å². The number of hydrogen-bond donors (Lipinski definition) is 2. The minimum absolute atomic E-state index is 0.000518. The number of hydrogen-bond acceptors (Lipinski definition) is 33. The summed E-state index contributed by atoms with van der Waals surface area (Å²) < 4.78 is 179. The van der Waals surface area contributed by atoms with E-state index in [4.69, 9.17) is 133 Å². The van der Waals surface area contributed by atoms with Crippen LogP contribution in [-0.4, -0.2) is 223 Å². The second-order valence-corrected chi connectivity index (χ2v) is 63.6. The van der Waals surface area contributed by atoms with E-state index in [9.17, 15) is 9.59 Å². The van der Waals surface area contributed by atoms with Crippen molar-refractivity contribution in [3.8, 4) is 0 Å². The Morgan fingerprint density at radius 1 is 0.336 bits per heavy atom. The molecule has 5 fully saturated rings. The fourth-order valence-electron chi connectivity index (χ4n) is 11.2. The maximum atomic E-state index is 13.6. The summed E-state index contributed by atoms with van der Waals surface area (Å²) in [5.74, 6) is -0.934. The van der Waals surface area contributed by atoms with E-state index in [1.165, 1.54) is 0 Å². The maximum absolute atomic E-state index is 13.6. The molecule has 33 nitrogen and oxygen atoms in total. The van der Waals surface area contributed by atoms with Gasteiger partial charge in [0.1, 0.15) is 149 Å². The molecule has 110 heavy (non-hydrogen) atoms. The summed E-state index contributed by atoms with van der Waals surface area (Å²) in [7, 11) is 59.0. The molecule has 0 aromatic carbocycles. The van der Waals surface area contributed by atoms with Crippen LogP contribution in [0.25, 0.3) is 0 Å². The summed E-state index contributed by atoms with van der Waals surface area (Å²) in [6.45, 7) is 4.12. The smallest absolute Gasteiger partial charge is 0.329 e. The van der Waals surface area contributed by atoms with Crippen LogP contribution in [0.2, 0.25) is 0 Å². The minimum atomic E-state index is -1.30. The highest BCUT2D eigenvalue weighted by atomic mass is 32.6. The van der Waals surface area contributed by atoms with Crippen molar-refractivity contribution in [3.05, 3.63) is 0 Å². The molecule has 0 aromatic rings. The largest absolute Gasteiger partial charge is 0.435 e. The first-order valence-electron chi connectivity index (χ1n) is 30.9. The van der Waals surface area contributed by atoms with Crippen molar-refractivity contribution < 1.29 is 143 Å². The maximum Gasteiger partial charge on any atom is 0.329 e. The molecule has 0 spiro atoms. The summed E-state index contributed by atoms with van der Waals surface area (Å²) in [6.07, 6.45) is -22.6. The zero-order chi connectivity index (χ0) is 81.7. The summed E-state index contributed by atoms with van der Waals surface area (Å²) in [4.78, 5) is 26.9. The van der Waals surface area contributed by atoms with Crippen molar-refractivity contribution in [2.45, 2.75) is 192 Å². The lowest BCUT2D eigenvalue weighted by molar-refractivity contribution is -0.385. The lowest BCUT2D eigenvalue weighted by atomic mass is 9.96. The topological polar surface area (TPSA) is 326 Å². The molecular weight excluding hydrogens is 2190 g/mol. The summed E-state index contributed by atoms with van der Waals surface area (Å²) in [5.41, 5.74) is 0. The standard InChI is InChI=1S/C22H60NO18P21.C16H47NO13P18/c1-5(9(23-61(53)54)19(24)41-62(55)60-52)28-20-16(13(36-46)10(34-44)6(29-20)2-25-42)32-21-17(14(37-47)11(35-45)7(30-21)3-26-43)33-22-18(40-59-51)15(39-58-50)12(38-57-49)8(31-22)4-27-56-48;1-4(7(17-47(39)40)14(18)30-48(41)46-38)21-15-12(10(26-33)8(25-32)5(22-15)2-19-31)24-16-13(29-45-37)11(28-44-36)9(27-43-35)6(23-16)3-20-42-34/h5-18,20-23,56-60H,2-4,42-55H2,1H3;4-13,15-17,42-46H,2-3,31-41H2,1H3. The Kier molecular flexibility index (Phi) is 71.9. The van der Waals surface area contributed by atoms with Gasteiger partial charge in [-0.2, -0.15) is 0 Å². The summed E-state index contributed by atoms with van der Waals surface area (Å²) in [6, 6.07) is -1.74. The molecule has 0 bridgehead atoms. The Morgan fingerprint density at radius 3 is 0.845 bits per heavy atom. The van der Waals surface area contributed by atoms with Gasteiger partial charge in [0.15, 0.2) is 31.5 Å². The van der Waals surface area contributed by atoms with Crippen LogP contribution in [0.15, 0.2) is 0 Å². The van der Waals surface area contributed by atoms with Gasteiger partial charge in [0.05, 0.1) is 45.2 Å². The third kappa shape index (κ3) is 38.3. The number of carbonyl (C=O) groups excluding carboxylic acids is 2. The van der Waals surface area contributed by atoms with Gasteiger partial charge in [-0.3, -0.25) is 19.8 Å². The molecule has 5 aliphatic rings. The number of nitrogens with one attached hydrogen (secondary N) is 2. The van der Waals surface area contributed by atoms with Gasteiger partial charge in [-0.15, -0.1) is 17.9 Å². The van der Waals surface area contributed by atoms with E-state index < -0.39 is 220 Å². The van der Waals surface area contributed by atoms with Crippen molar-refractivity contribution >= 4 is 354 Å². The second-order valence-electron chi connectivity index (χ2n) is 22.1. The van der Waals surface area contributed by atoms with Crippen LogP contribution in [0.1, 0.15) is 13.8 Å². The van der Waals surface area contributed by atoms with E-state index in [1.54, 1.807) is 13.8 Å². The lowest BCUT2D eigenvalue weighted by Gasteiger charge is -2.51. The van der Waals surface area contributed by atoms with Crippen molar-refractivity contribution in [1.82, 2.24) is 10.2 Å². The monoisotopic (exact) mass is 2300 g/mol. The van der Waals surface area contributed by atoms with Crippen LogP contribution < -0.4 is 10.2 Å². The Labute approximate surface area is 725 Å². The molecule has 0 saturated carbocycles. The molecule has 66 unspecified atom stereocenters. The molecule has 66 atom stereocenters. The molecule has 0 amide bonds. The predicted octanol–water partition coefficient (Wildman–Crippen LogP) is 12.5. The zero-order valence-corrected chi connectivity index (χ0v) is 101. The average molecular weight is 2300 g/mol. The SMILES string of the molecule is CC(OC1OC(COP)C(OP)C(OP)C1OC1OC(COP)C(OP)C(OP)C1OC1OC(COPP)C(OPP)C(OPP)C1OPP)C(NP(P)P)C(=O)OP(P)PP.CC(OC1OC(COP)C(OP)C(OP)C1OC1OC(COPP)C(OPP)C(OPP)C1OPP)C(NP(P)P)C(=O)OP(P)PP. The summed E-state index contributed by atoms with van der Waals surface area (Å²) in [5, 5.41) is 6.54. The normalized spacial score (nSPS) is 35.7. The number of ether oxygens (including phenoxy) is 10. The van der Waals surface area contributed by atoms with Crippen molar-refractivity contribution in [1.29, 1.82) is 0 Å². The third-order valence-corrected chi connectivity index (χ3v) is 44.4. The van der Waals surface area contributed by atoms with Gasteiger partial charge < -0.3 is 133 Å². The van der Waals surface area contributed by atoms with E-state index in [-0.39, 0.29) is 101 Å². The highest BCUT2D eigenvalue weighted by Gasteiger charge is 2.59. The molecule has 72 heteroatoms. The first kappa shape index (κ1) is 117. The molecular formula is C38H107N2O31P39. The molecule has 5 heterocycles. The van der Waals surface area contributed by atoms with E-state index >= 15 is 0 Å². The summed E-state index contributed by atoms with van der Waals surface area (Å²) >= 11 is 0. The lowest BCUT2D eigenvalue weighted by Crippen LogP contribution is -2.67. The van der Waals surface area contributed by atoms with Crippen molar-refractivity contribution in [3.63, 3.8) is 0 Å². The van der Waals surface area contributed by atoms with E-state index in [2.05, 4.69) is 238 Å². The Morgan fingerprint density at radius 2 is 0.591 bits per heavy atom. The third-order valence-electron chi connectivity index (χ3n) is 15.8. The van der Waals surface area contributed by atoms with Gasteiger partial charge in [-0.05, 0) is 44.7 Å². The van der Waals surface area contributed by atoms with Crippen LogP contribution in [0.3, 0.4) is 0 Å². The van der Waals surface area contributed by atoms with Gasteiger partial charge >= 0.3 is 11.9 Å². The van der Waals surface area contributed by atoms with E-state index in [0.29, 0.717) is 15.9 Å². The Balaban J connectivity index is 0.000000480. The molecule has 5 aliphatic heterocycles. The fourth-order valence-corrected chi connectivity index (χ4v) is 26.6. The zero-order valence-electron chi connectivity index (χ0n) is 58.2. The molecule has 650 valence electrons. The Hall–Kier alpha value is 14.6. The number of rotatable bonds is 52. The molecule has 5 rings (SSSR count). The van der Waals surface area contributed by atoms with Crippen molar-refractivity contribution in [2.24, 2.45) is 0 Å². The van der Waals surface area contributed by atoms with Crippen LogP contribution in [0.5, 0.6) is 0 Å². The van der Waals surface area contributed by atoms with Crippen LogP contribution in [0, 0.1) is 0 Å². The minimum Gasteiger partial charge on any atom is -0.435 e. The van der Waals surface area contributed by atoms with Crippen molar-refractivity contribution in [2.75, 3.05) is 33.0 Å². The van der Waals surface area contributed by atoms with E-state index in [1.807, 2.05) is 0 Å². The predicted molar refractivity (Wildman–Crippen MR) is 547 cm³/mol. The highest BCUT2D eigenvalue weighted by Crippen LogP contribution is 2.68. The second kappa shape index (κ2) is 67.7. The van der Waals surface area contributed by atoms with Crippen LogP contribution in [-0.2, 0) is 143 Å². The highest BCUT2D eigenvalue weighted by molar-refractivity contribution is 8.60. The molecule has 2 N–H and O–H groups in total. The van der Waals surface area contributed by atoms with Crippen LogP contribution >= 0.6 is 342 Å². The number of carbonyl (C=O) groups is 2. The van der Waals surface area contributed by atoms with Gasteiger partial charge in [-0.25, -0.2) is 0 Å².